The molecule has 3 heteroatoms. The monoisotopic (exact) mass is 302 g/mol. The minimum atomic E-state index is -0.310. The molecule has 1 N–H and O–H groups in total. The quantitative estimate of drug-likeness (QED) is 0.878. The number of aryl methyl sites for hydroxylation is 1. The van der Waals surface area contributed by atoms with Crippen molar-refractivity contribution in [1.29, 1.82) is 0 Å². The summed E-state index contributed by atoms with van der Waals surface area (Å²) in [6, 6.07) is 4.72. The van der Waals surface area contributed by atoms with Crippen LogP contribution in [0.4, 0.5) is 4.39 Å². The first kappa shape index (κ1) is 14.7. The molecule has 0 amide bonds. The van der Waals surface area contributed by atoms with Crippen LogP contribution in [0.2, 0.25) is 0 Å². The number of aliphatic hydroxyl groups excluding tert-OH is 1. The largest absolute Gasteiger partial charge is 0.393 e. The molecule has 1 unspecified atom stereocenters. The van der Waals surface area contributed by atoms with Crippen LogP contribution >= 0.6 is 15.9 Å². The first-order valence-corrected chi connectivity index (χ1v) is 6.72. The lowest BCUT2D eigenvalue weighted by Crippen LogP contribution is -2.25. The predicted molar refractivity (Wildman–Crippen MR) is 72.5 cm³/mol. The molecule has 0 saturated heterocycles. The molecule has 0 saturated carbocycles. The van der Waals surface area contributed by atoms with E-state index < -0.39 is 0 Å². The fourth-order valence-corrected chi connectivity index (χ4v) is 2.10. The fraction of sp³-hybridized carbons (Fsp3) is 0.571. The summed E-state index contributed by atoms with van der Waals surface area (Å²) < 4.78 is 14.0. The number of benzene rings is 1. The molecule has 0 aliphatic rings. The minimum Gasteiger partial charge on any atom is -0.393 e. The number of hydrogen-bond donors (Lipinski definition) is 1. The van der Waals surface area contributed by atoms with E-state index in [4.69, 9.17) is 0 Å². The number of halogens is 2. The Labute approximate surface area is 111 Å². The topological polar surface area (TPSA) is 20.2 Å². The maximum Gasteiger partial charge on any atom is 0.123 e. The number of aliphatic hydroxyl groups is 1. The van der Waals surface area contributed by atoms with Gasteiger partial charge in [-0.25, -0.2) is 4.39 Å². The molecule has 0 spiro atoms. The van der Waals surface area contributed by atoms with Gasteiger partial charge in [0.05, 0.1) is 6.10 Å². The Morgan fingerprint density at radius 2 is 2.00 bits per heavy atom. The van der Waals surface area contributed by atoms with Crippen LogP contribution in [0.25, 0.3) is 0 Å². The zero-order chi connectivity index (χ0) is 13.1. The van der Waals surface area contributed by atoms with E-state index in [2.05, 4.69) is 15.9 Å². The van der Waals surface area contributed by atoms with Gasteiger partial charge in [-0.05, 0) is 48.4 Å². The second-order valence-corrected chi connectivity index (χ2v) is 6.36. The van der Waals surface area contributed by atoms with Gasteiger partial charge in [-0.1, -0.05) is 36.7 Å². The van der Waals surface area contributed by atoms with E-state index in [1.807, 2.05) is 20.8 Å². The summed E-state index contributed by atoms with van der Waals surface area (Å²) in [5.74, 6) is -0.209. The van der Waals surface area contributed by atoms with E-state index in [-0.39, 0.29) is 17.3 Å². The van der Waals surface area contributed by atoms with Crippen molar-refractivity contribution in [3.05, 3.63) is 34.1 Å². The maximum atomic E-state index is 13.1. The molecule has 1 aromatic rings. The maximum absolute atomic E-state index is 13.1. The molecular formula is C14H20BrFO. The molecule has 0 bridgehead atoms. The number of rotatable bonds is 4. The summed E-state index contributed by atoms with van der Waals surface area (Å²) in [6.07, 6.45) is 2.08. The van der Waals surface area contributed by atoms with Gasteiger partial charge in [-0.2, -0.15) is 0 Å². The van der Waals surface area contributed by atoms with Gasteiger partial charge in [-0.3, -0.25) is 0 Å². The number of hydrogen-bond acceptors (Lipinski definition) is 1. The highest BCUT2D eigenvalue weighted by Crippen LogP contribution is 2.25. The van der Waals surface area contributed by atoms with E-state index in [0.717, 1.165) is 29.3 Å². The van der Waals surface area contributed by atoms with Crippen LogP contribution in [-0.4, -0.2) is 11.2 Å². The fourth-order valence-electron chi connectivity index (χ4n) is 1.65. The van der Waals surface area contributed by atoms with Gasteiger partial charge in [0.15, 0.2) is 0 Å². The van der Waals surface area contributed by atoms with Crippen LogP contribution in [0.5, 0.6) is 0 Å². The van der Waals surface area contributed by atoms with Gasteiger partial charge >= 0.3 is 0 Å². The molecule has 0 fully saturated rings. The van der Waals surface area contributed by atoms with Gasteiger partial charge in [0.1, 0.15) is 5.82 Å². The van der Waals surface area contributed by atoms with Gasteiger partial charge in [-0.15, -0.1) is 0 Å². The summed E-state index contributed by atoms with van der Waals surface area (Å²) in [4.78, 5) is 0. The highest BCUT2D eigenvalue weighted by molar-refractivity contribution is 9.10. The molecule has 1 nitrogen and oxygen atoms in total. The molecular weight excluding hydrogens is 283 g/mol. The summed E-state index contributed by atoms with van der Waals surface area (Å²) >= 11 is 3.41. The Hall–Kier alpha value is -0.410. The van der Waals surface area contributed by atoms with E-state index in [1.54, 1.807) is 12.1 Å². The van der Waals surface area contributed by atoms with Gasteiger partial charge in [0.25, 0.3) is 0 Å². The van der Waals surface area contributed by atoms with Crippen molar-refractivity contribution >= 4 is 15.9 Å². The molecule has 0 aliphatic carbocycles. The molecule has 96 valence electrons. The third-order valence-corrected chi connectivity index (χ3v) is 3.70. The highest BCUT2D eigenvalue weighted by Gasteiger charge is 2.21. The summed E-state index contributed by atoms with van der Waals surface area (Å²) in [5, 5.41) is 9.90. The van der Waals surface area contributed by atoms with Crippen molar-refractivity contribution in [2.24, 2.45) is 5.41 Å². The van der Waals surface area contributed by atoms with Crippen molar-refractivity contribution in [3.8, 4) is 0 Å². The minimum absolute atomic E-state index is 0.0842. The van der Waals surface area contributed by atoms with Crippen molar-refractivity contribution in [2.75, 3.05) is 0 Å². The van der Waals surface area contributed by atoms with Crippen LogP contribution in [0.3, 0.4) is 0 Å². The molecule has 0 radical (unpaired) electrons. The van der Waals surface area contributed by atoms with Crippen molar-refractivity contribution < 1.29 is 9.50 Å². The molecule has 17 heavy (non-hydrogen) atoms. The lowest BCUT2D eigenvalue weighted by molar-refractivity contribution is 0.0540. The van der Waals surface area contributed by atoms with Crippen LogP contribution in [0, 0.1) is 11.2 Å². The van der Waals surface area contributed by atoms with E-state index in [1.165, 1.54) is 6.07 Å². The Morgan fingerprint density at radius 3 is 2.59 bits per heavy atom. The molecule has 0 aliphatic heterocycles. The van der Waals surface area contributed by atoms with Gasteiger partial charge < -0.3 is 5.11 Å². The van der Waals surface area contributed by atoms with Crippen LogP contribution in [-0.2, 0) is 6.42 Å². The average Bonchev–Trinajstić information content (AvgIpc) is 2.21. The molecule has 1 aromatic carbocycles. The standard InChI is InChI=1S/C14H20BrFO/c1-14(2,3)13(17)6-4-5-10-9-11(16)7-8-12(10)15/h7-9,13,17H,4-6H2,1-3H3. The first-order valence-electron chi connectivity index (χ1n) is 5.92. The Bertz CT molecular complexity index is 371. The highest BCUT2D eigenvalue weighted by atomic mass is 79.9. The molecule has 0 aromatic heterocycles. The lowest BCUT2D eigenvalue weighted by atomic mass is 9.86. The SMILES string of the molecule is CC(C)(C)C(O)CCCc1cc(F)ccc1Br. The Kier molecular flexibility index (Phi) is 5.14. The summed E-state index contributed by atoms with van der Waals surface area (Å²) in [7, 11) is 0. The average molecular weight is 303 g/mol. The molecule has 1 atom stereocenters. The van der Waals surface area contributed by atoms with E-state index in [9.17, 15) is 9.50 Å². The molecule has 0 heterocycles. The van der Waals surface area contributed by atoms with Crippen molar-refractivity contribution in [1.82, 2.24) is 0 Å². The normalized spacial score (nSPS) is 13.8. The second-order valence-electron chi connectivity index (χ2n) is 5.51. The van der Waals surface area contributed by atoms with Crippen LogP contribution < -0.4 is 0 Å². The second kappa shape index (κ2) is 5.96. The first-order chi connectivity index (χ1) is 7.80. The van der Waals surface area contributed by atoms with Crippen LogP contribution in [0.15, 0.2) is 22.7 Å². The zero-order valence-electron chi connectivity index (χ0n) is 10.6. The summed E-state index contributed by atoms with van der Waals surface area (Å²) in [5.41, 5.74) is 0.880. The zero-order valence-corrected chi connectivity index (χ0v) is 12.2. The smallest absolute Gasteiger partial charge is 0.123 e. The van der Waals surface area contributed by atoms with Gasteiger partial charge in [0, 0.05) is 4.47 Å². The Morgan fingerprint density at radius 1 is 1.35 bits per heavy atom. The van der Waals surface area contributed by atoms with Crippen LogP contribution in [0.1, 0.15) is 39.2 Å². The van der Waals surface area contributed by atoms with E-state index in [0.29, 0.717) is 0 Å². The summed E-state index contributed by atoms with van der Waals surface area (Å²) in [6.45, 7) is 6.07. The van der Waals surface area contributed by atoms with Crippen molar-refractivity contribution in [3.63, 3.8) is 0 Å². The van der Waals surface area contributed by atoms with Crippen molar-refractivity contribution in [2.45, 2.75) is 46.1 Å². The predicted octanol–water partition coefficient (Wildman–Crippen LogP) is 4.32. The third-order valence-electron chi connectivity index (χ3n) is 2.93. The molecule has 1 rings (SSSR count). The third kappa shape index (κ3) is 4.76. The lowest BCUT2D eigenvalue weighted by Gasteiger charge is -2.25. The van der Waals surface area contributed by atoms with E-state index >= 15 is 0 Å². The Balaban J connectivity index is 2.49. The van der Waals surface area contributed by atoms with Gasteiger partial charge in [0.2, 0.25) is 0 Å².